The van der Waals surface area contributed by atoms with Crippen molar-refractivity contribution in [1.82, 2.24) is 10.2 Å². The lowest BCUT2D eigenvalue weighted by Crippen LogP contribution is -2.46. The van der Waals surface area contributed by atoms with Gasteiger partial charge >= 0.3 is 0 Å². The Labute approximate surface area is 121 Å². The van der Waals surface area contributed by atoms with Crippen LogP contribution in [0.2, 0.25) is 0 Å². The van der Waals surface area contributed by atoms with E-state index in [0.717, 1.165) is 6.67 Å². The van der Waals surface area contributed by atoms with Gasteiger partial charge in [0.25, 0.3) is 0 Å². The van der Waals surface area contributed by atoms with Crippen molar-refractivity contribution in [1.29, 1.82) is 0 Å². The van der Waals surface area contributed by atoms with Crippen LogP contribution in [-0.2, 0) is 0 Å². The second kappa shape index (κ2) is 9.77. The van der Waals surface area contributed by atoms with Crippen molar-refractivity contribution in [3.05, 3.63) is 0 Å². The summed E-state index contributed by atoms with van der Waals surface area (Å²) in [6, 6.07) is 0. The van der Waals surface area contributed by atoms with Gasteiger partial charge in [-0.1, -0.05) is 59.3 Å². The topological polar surface area (TPSA) is 15.3 Å². The van der Waals surface area contributed by atoms with Gasteiger partial charge in [0, 0.05) is 19.8 Å². The number of unbranched alkanes of at least 4 members (excludes halogenated alkanes) is 4. The zero-order valence-electron chi connectivity index (χ0n) is 13.6. The SMILES string of the molecule is CCCCCCC(C)(CCCC)CN1CCCNC1. The molecule has 0 aromatic heterocycles. The predicted octanol–water partition coefficient (Wildman–Crippen LogP) is 4.41. The first-order valence-electron chi connectivity index (χ1n) is 8.63. The molecule has 0 saturated carbocycles. The fourth-order valence-electron chi connectivity index (χ4n) is 3.28. The molecule has 1 heterocycles. The van der Waals surface area contributed by atoms with Crippen molar-refractivity contribution in [3.63, 3.8) is 0 Å². The Balaban J connectivity index is 2.37. The van der Waals surface area contributed by atoms with Gasteiger partial charge in [0.2, 0.25) is 0 Å². The molecule has 0 radical (unpaired) electrons. The molecule has 0 bridgehead atoms. The Bertz CT molecular complexity index is 211. The molecule has 19 heavy (non-hydrogen) atoms. The summed E-state index contributed by atoms with van der Waals surface area (Å²) < 4.78 is 0. The summed E-state index contributed by atoms with van der Waals surface area (Å²) in [7, 11) is 0. The molecule has 1 fully saturated rings. The van der Waals surface area contributed by atoms with Crippen molar-refractivity contribution in [2.75, 3.05) is 26.3 Å². The largest absolute Gasteiger partial charge is 0.304 e. The molecular formula is C17H36N2. The molecule has 0 amide bonds. The number of nitrogens with one attached hydrogen (secondary N) is 1. The van der Waals surface area contributed by atoms with Gasteiger partial charge < -0.3 is 5.32 Å². The van der Waals surface area contributed by atoms with E-state index in [-0.39, 0.29) is 0 Å². The molecule has 0 aromatic carbocycles. The molecule has 1 N–H and O–H groups in total. The highest BCUT2D eigenvalue weighted by atomic mass is 15.2. The van der Waals surface area contributed by atoms with Crippen LogP contribution in [0, 0.1) is 5.41 Å². The van der Waals surface area contributed by atoms with Gasteiger partial charge in [0.1, 0.15) is 0 Å². The number of hydrogen-bond donors (Lipinski definition) is 1. The standard InChI is InChI=1S/C17H36N2/c1-4-6-8-9-12-17(3,11-7-5-2)15-19-14-10-13-18-16-19/h18H,4-16H2,1-3H3. The van der Waals surface area contributed by atoms with Crippen molar-refractivity contribution in [2.45, 2.75) is 78.6 Å². The highest BCUT2D eigenvalue weighted by Gasteiger charge is 2.26. The molecule has 0 aromatic rings. The van der Waals surface area contributed by atoms with Gasteiger partial charge in [-0.05, 0) is 31.2 Å². The molecule has 1 aliphatic rings. The minimum Gasteiger partial charge on any atom is -0.304 e. The zero-order chi connectivity index (χ0) is 14.0. The molecule has 1 unspecified atom stereocenters. The highest BCUT2D eigenvalue weighted by Crippen LogP contribution is 2.32. The van der Waals surface area contributed by atoms with Crippen LogP contribution in [0.3, 0.4) is 0 Å². The molecule has 1 rings (SSSR count). The maximum Gasteiger partial charge on any atom is 0.0480 e. The van der Waals surface area contributed by atoms with E-state index in [4.69, 9.17) is 0 Å². The fraction of sp³-hybridized carbons (Fsp3) is 1.00. The van der Waals surface area contributed by atoms with Gasteiger partial charge in [-0.2, -0.15) is 0 Å². The minimum atomic E-state index is 0.544. The summed E-state index contributed by atoms with van der Waals surface area (Å²) in [5.41, 5.74) is 0.544. The molecule has 2 heteroatoms. The first kappa shape index (κ1) is 17.0. The third-order valence-corrected chi connectivity index (χ3v) is 4.54. The van der Waals surface area contributed by atoms with Crippen LogP contribution >= 0.6 is 0 Å². The lowest BCUT2D eigenvalue weighted by Gasteiger charge is -2.38. The molecule has 114 valence electrons. The van der Waals surface area contributed by atoms with Gasteiger partial charge in [0.15, 0.2) is 0 Å². The fourth-order valence-corrected chi connectivity index (χ4v) is 3.28. The molecule has 1 saturated heterocycles. The average molecular weight is 268 g/mol. The molecule has 1 atom stereocenters. The third kappa shape index (κ3) is 7.31. The third-order valence-electron chi connectivity index (χ3n) is 4.54. The minimum absolute atomic E-state index is 0.544. The smallest absolute Gasteiger partial charge is 0.0480 e. The highest BCUT2D eigenvalue weighted by molar-refractivity contribution is 4.80. The van der Waals surface area contributed by atoms with Crippen LogP contribution < -0.4 is 5.32 Å². The summed E-state index contributed by atoms with van der Waals surface area (Å²) in [6.07, 6.45) is 12.5. The Hall–Kier alpha value is -0.0800. The van der Waals surface area contributed by atoms with Crippen molar-refractivity contribution in [3.8, 4) is 0 Å². The van der Waals surface area contributed by atoms with Gasteiger partial charge in [0.05, 0.1) is 0 Å². The van der Waals surface area contributed by atoms with Gasteiger partial charge in [-0.25, -0.2) is 0 Å². The summed E-state index contributed by atoms with van der Waals surface area (Å²) in [5.74, 6) is 0. The summed E-state index contributed by atoms with van der Waals surface area (Å²) in [4.78, 5) is 2.64. The van der Waals surface area contributed by atoms with Crippen LogP contribution in [0.4, 0.5) is 0 Å². The number of rotatable bonds is 10. The second-order valence-electron chi connectivity index (χ2n) is 6.79. The molecule has 0 spiro atoms. The van der Waals surface area contributed by atoms with E-state index in [9.17, 15) is 0 Å². The van der Waals surface area contributed by atoms with Crippen LogP contribution in [0.15, 0.2) is 0 Å². The Kier molecular flexibility index (Phi) is 8.72. The summed E-state index contributed by atoms with van der Waals surface area (Å²) in [6.45, 7) is 12.1. The Morgan fingerprint density at radius 1 is 1.00 bits per heavy atom. The molecule has 2 nitrogen and oxygen atoms in total. The van der Waals surface area contributed by atoms with Crippen LogP contribution in [-0.4, -0.2) is 31.2 Å². The van der Waals surface area contributed by atoms with E-state index in [0.29, 0.717) is 5.41 Å². The van der Waals surface area contributed by atoms with Gasteiger partial charge in [-0.3, -0.25) is 4.90 Å². The van der Waals surface area contributed by atoms with E-state index in [1.807, 2.05) is 0 Å². The van der Waals surface area contributed by atoms with Crippen molar-refractivity contribution in [2.24, 2.45) is 5.41 Å². The van der Waals surface area contributed by atoms with E-state index in [2.05, 4.69) is 31.0 Å². The van der Waals surface area contributed by atoms with Crippen LogP contribution in [0.1, 0.15) is 78.6 Å². The number of nitrogens with zero attached hydrogens (tertiary/aromatic N) is 1. The maximum absolute atomic E-state index is 3.52. The molecule has 0 aliphatic carbocycles. The second-order valence-corrected chi connectivity index (χ2v) is 6.79. The molecular weight excluding hydrogens is 232 g/mol. The summed E-state index contributed by atoms with van der Waals surface area (Å²) in [5, 5.41) is 3.52. The van der Waals surface area contributed by atoms with E-state index >= 15 is 0 Å². The molecule has 1 aliphatic heterocycles. The van der Waals surface area contributed by atoms with Gasteiger partial charge in [-0.15, -0.1) is 0 Å². The van der Waals surface area contributed by atoms with Crippen LogP contribution in [0.25, 0.3) is 0 Å². The van der Waals surface area contributed by atoms with Crippen molar-refractivity contribution >= 4 is 0 Å². The zero-order valence-corrected chi connectivity index (χ0v) is 13.6. The monoisotopic (exact) mass is 268 g/mol. The van der Waals surface area contributed by atoms with E-state index < -0.39 is 0 Å². The summed E-state index contributed by atoms with van der Waals surface area (Å²) >= 11 is 0. The lowest BCUT2D eigenvalue weighted by molar-refractivity contribution is 0.114. The lowest BCUT2D eigenvalue weighted by atomic mass is 9.79. The predicted molar refractivity (Wildman–Crippen MR) is 85.5 cm³/mol. The Morgan fingerprint density at radius 2 is 1.74 bits per heavy atom. The van der Waals surface area contributed by atoms with E-state index in [1.54, 1.807) is 0 Å². The average Bonchev–Trinajstić information content (AvgIpc) is 2.43. The van der Waals surface area contributed by atoms with Crippen molar-refractivity contribution < 1.29 is 0 Å². The maximum atomic E-state index is 3.52. The first-order chi connectivity index (χ1) is 9.20. The number of hydrogen-bond acceptors (Lipinski definition) is 2. The first-order valence-corrected chi connectivity index (χ1v) is 8.63. The normalized spacial score (nSPS) is 20.4. The Morgan fingerprint density at radius 3 is 2.37 bits per heavy atom. The van der Waals surface area contributed by atoms with E-state index in [1.165, 1.54) is 77.4 Å². The van der Waals surface area contributed by atoms with Crippen LogP contribution in [0.5, 0.6) is 0 Å². The quantitative estimate of drug-likeness (QED) is 0.591.